The highest BCUT2D eigenvalue weighted by Crippen LogP contribution is 2.04. The summed E-state index contributed by atoms with van der Waals surface area (Å²) < 4.78 is 4.73. The fraction of sp³-hybridized carbons (Fsp3) is 0.250. The predicted octanol–water partition coefficient (Wildman–Crippen LogP) is 0.767. The second kappa shape index (κ2) is 5.42. The van der Waals surface area contributed by atoms with Gasteiger partial charge in [0.05, 0.1) is 0 Å². The average molecular weight is 246 g/mol. The van der Waals surface area contributed by atoms with Gasteiger partial charge in [0.15, 0.2) is 0 Å². The number of amides is 1. The standard InChI is InChI=1S/C12H14N4O2/c1-8-15-11(16-18-8)12(17)14-7-10-4-2-9(6-13)3-5-10/h2-5H,6-7,13H2,1H3,(H,14,17). The smallest absolute Gasteiger partial charge is 0.292 e. The number of rotatable bonds is 4. The van der Waals surface area contributed by atoms with Gasteiger partial charge in [0.25, 0.3) is 11.7 Å². The summed E-state index contributed by atoms with van der Waals surface area (Å²) in [6, 6.07) is 7.70. The third-order valence-corrected chi connectivity index (χ3v) is 2.44. The van der Waals surface area contributed by atoms with Gasteiger partial charge in [-0.25, -0.2) is 0 Å². The molecule has 1 amide bonds. The van der Waals surface area contributed by atoms with Crippen molar-refractivity contribution in [1.29, 1.82) is 0 Å². The molecule has 2 rings (SSSR count). The summed E-state index contributed by atoms with van der Waals surface area (Å²) in [5, 5.41) is 6.25. The van der Waals surface area contributed by atoms with Crippen LogP contribution in [-0.4, -0.2) is 16.0 Å². The van der Waals surface area contributed by atoms with Gasteiger partial charge in [-0.05, 0) is 11.1 Å². The van der Waals surface area contributed by atoms with Gasteiger partial charge in [-0.3, -0.25) is 4.79 Å². The molecule has 0 saturated heterocycles. The van der Waals surface area contributed by atoms with Crippen molar-refractivity contribution in [1.82, 2.24) is 15.5 Å². The average Bonchev–Trinajstić information content (AvgIpc) is 2.83. The number of benzene rings is 1. The first kappa shape index (κ1) is 12.3. The maximum atomic E-state index is 11.6. The molecule has 94 valence electrons. The van der Waals surface area contributed by atoms with Gasteiger partial charge >= 0.3 is 0 Å². The Bertz CT molecular complexity index is 533. The monoisotopic (exact) mass is 246 g/mol. The van der Waals surface area contributed by atoms with Gasteiger partial charge in [0.1, 0.15) is 0 Å². The van der Waals surface area contributed by atoms with Gasteiger partial charge in [-0.15, -0.1) is 0 Å². The number of nitrogens with zero attached hydrogens (tertiary/aromatic N) is 2. The van der Waals surface area contributed by atoms with Crippen LogP contribution in [0.25, 0.3) is 0 Å². The minimum absolute atomic E-state index is 0.0473. The van der Waals surface area contributed by atoms with E-state index in [4.69, 9.17) is 10.3 Å². The Morgan fingerprint density at radius 3 is 2.56 bits per heavy atom. The van der Waals surface area contributed by atoms with Crippen LogP contribution in [0.5, 0.6) is 0 Å². The minimum Gasteiger partial charge on any atom is -0.345 e. The van der Waals surface area contributed by atoms with E-state index in [0.717, 1.165) is 11.1 Å². The molecule has 0 radical (unpaired) electrons. The fourth-order valence-electron chi connectivity index (χ4n) is 1.45. The predicted molar refractivity (Wildman–Crippen MR) is 64.5 cm³/mol. The van der Waals surface area contributed by atoms with Crippen LogP contribution in [0.2, 0.25) is 0 Å². The number of carbonyl (C=O) groups is 1. The van der Waals surface area contributed by atoms with Crippen LogP contribution in [0.4, 0.5) is 0 Å². The number of aromatic nitrogens is 2. The highest BCUT2D eigenvalue weighted by atomic mass is 16.5. The number of nitrogens with two attached hydrogens (primary N) is 1. The first-order chi connectivity index (χ1) is 8.69. The molecule has 0 aliphatic heterocycles. The molecule has 0 atom stereocenters. The van der Waals surface area contributed by atoms with E-state index >= 15 is 0 Å². The topological polar surface area (TPSA) is 94.0 Å². The maximum absolute atomic E-state index is 11.6. The van der Waals surface area contributed by atoms with Crippen LogP contribution in [-0.2, 0) is 13.1 Å². The summed E-state index contributed by atoms with van der Waals surface area (Å²) in [6.45, 7) is 2.56. The van der Waals surface area contributed by atoms with Crippen LogP contribution in [0.3, 0.4) is 0 Å². The molecule has 0 fully saturated rings. The summed E-state index contributed by atoms with van der Waals surface area (Å²) >= 11 is 0. The molecular weight excluding hydrogens is 232 g/mol. The molecule has 0 spiro atoms. The number of hydrogen-bond acceptors (Lipinski definition) is 5. The molecule has 1 heterocycles. The number of carbonyl (C=O) groups excluding carboxylic acids is 1. The van der Waals surface area contributed by atoms with Gasteiger partial charge in [0, 0.05) is 20.0 Å². The molecule has 0 bridgehead atoms. The van der Waals surface area contributed by atoms with Crippen molar-refractivity contribution in [2.45, 2.75) is 20.0 Å². The highest BCUT2D eigenvalue weighted by Gasteiger charge is 2.11. The fourth-order valence-corrected chi connectivity index (χ4v) is 1.45. The molecule has 1 aromatic heterocycles. The normalized spacial score (nSPS) is 10.3. The Balaban J connectivity index is 1.92. The Labute approximate surface area is 104 Å². The van der Waals surface area contributed by atoms with Crippen LogP contribution >= 0.6 is 0 Å². The van der Waals surface area contributed by atoms with Gasteiger partial charge < -0.3 is 15.6 Å². The van der Waals surface area contributed by atoms with Gasteiger partial charge in [-0.1, -0.05) is 29.4 Å². The third kappa shape index (κ3) is 2.92. The van der Waals surface area contributed by atoms with Crippen LogP contribution in [0.15, 0.2) is 28.8 Å². The lowest BCUT2D eigenvalue weighted by molar-refractivity contribution is 0.0937. The zero-order chi connectivity index (χ0) is 13.0. The molecule has 6 heteroatoms. The Morgan fingerprint density at radius 2 is 2.00 bits per heavy atom. The van der Waals surface area contributed by atoms with Crippen molar-refractivity contribution < 1.29 is 9.32 Å². The molecule has 0 aliphatic carbocycles. The van der Waals surface area contributed by atoms with Crippen LogP contribution < -0.4 is 11.1 Å². The van der Waals surface area contributed by atoms with E-state index in [1.165, 1.54) is 0 Å². The van der Waals surface area contributed by atoms with E-state index in [2.05, 4.69) is 15.5 Å². The number of aryl methyl sites for hydroxylation is 1. The minimum atomic E-state index is -0.352. The maximum Gasteiger partial charge on any atom is 0.292 e. The largest absolute Gasteiger partial charge is 0.345 e. The van der Waals surface area contributed by atoms with Crippen molar-refractivity contribution >= 4 is 5.91 Å². The SMILES string of the molecule is Cc1nc(C(=O)NCc2ccc(CN)cc2)no1. The lowest BCUT2D eigenvalue weighted by Crippen LogP contribution is -2.23. The third-order valence-electron chi connectivity index (χ3n) is 2.44. The van der Waals surface area contributed by atoms with Crippen molar-refractivity contribution in [3.63, 3.8) is 0 Å². The lowest BCUT2D eigenvalue weighted by atomic mass is 10.1. The molecule has 18 heavy (non-hydrogen) atoms. The van der Waals surface area contributed by atoms with Crippen molar-refractivity contribution in [2.75, 3.05) is 0 Å². The van der Waals surface area contributed by atoms with Crippen LogP contribution in [0, 0.1) is 6.92 Å². The molecule has 2 aromatic rings. The van der Waals surface area contributed by atoms with Crippen molar-refractivity contribution in [2.24, 2.45) is 5.73 Å². The Hall–Kier alpha value is -2.21. The summed E-state index contributed by atoms with van der Waals surface area (Å²) in [7, 11) is 0. The van der Waals surface area contributed by atoms with E-state index in [9.17, 15) is 4.79 Å². The first-order valence-electron chi connectivity index (χ1n) is 5.55. The zero-order valence-electron chi connectivity index (χ0n) is 10.0. The van der Waals surface area contributed by atoms with E-state index in [1.807, 2.05) is 24.3 Å². The molecular formula is C12H14N4O2. The second-order valence-corrected chi connectivity index (χ2v) is 3.84. The van der Waals surface area contributed by atoms with Crippen molar-refractivity contribution in [3.05, 3.63) is 47.1 Å². The zero-order valence-corrected chi connectivity index (χ0v) is 10.0. The molecule has 6 nitrogen and oxygen atoms in total. The Morgan fingerprint density at radius 1 is 1.33 bits per heavy atom. The first-order valence-corrected chi connectivity index (χ1v) is 5.55. The lowest BCUT2D eigenvalue weighted by Gasteiger charge is -2.03. The van der Waals surface area contributed by atoms with Gasteiger partial charge in [-0.2, -0.15) is 4.98 Å². The second-order valence-electron chi connectivity index (χ2n) is 3.84. The molecule has 0 unspecified atom stereocenters. The van der Waals surface area contributed by atoms with E-state index in [1.54, 1.807) is 6.92 Å². The van der Waals surface area contributed by atoms with Crippen molar-refractivity contribution in [3.8, 4) is 0 Å². The van der Waals surface area contributed by atoms with Gasteiger partial charge in [0.2, 0.25) is 5.89 Å². The van der Waals surface area contributed by atoms with E-state index in [-0.39, 0.29) is 11.7 Å². The Kier molecular flexibility index (Phi) is 3.69. The highest BCUT2D eigenvalue weighted by molar-refractivity contribution is 5.90. The summed E-state index contributed by atoms with van der Waals surface area (Å²) in [5.41, 5.74) is 7.55. The number of hydrogen-bond donors (Lipinski definition) is 2. The molecule has 1 aromatic carbocycles. The van der Waals surface area contributed by atoms with E-state index < -0.39 is 0 Å². The summed E-state index contributed by atoms with van der Waals surface area (Å²) in [5.74, 6) is 0.0632. The summed E-state index contributed by atoms with van der Waals surface area (Å²) in [6.07, 6.45) is 0. The van der Waals surface area contributed by atoms with E-state index in [0.29, 0.717) is 19.0 Å². The summed E-state index contributed by atoms with van der Waals surface area (Å²) in [4.78, 5) is 15.5. The number of nitrogens with one attached hydrogen (secondary N) is 1. The van der Waals surface area contributed by atoms with Crippen LogP contribution in [0.1, 0.15) is 27.6 Å². The quantitative estimate of drug-likeness (QED) is 0.830. The molecule has 3 N–H and O–H groups in total. The molecule has 0 saturated carbocycles. The molecule has 0 aliphatic rings.